The van der Waals surface area contributed by atoms with Gasteiger partial charge in [-0.2, -0.15) is 0 Å². The molecule has 2 rings (SSSR count). The lowest BCUT2D eigenvalue weighted by Crippen LogP contribution is -2.58. The molecule has 6 nitrogen and oxygen atoms in total. The maximum Gasteiger partial charge on any atom is 0.381 e. The maximum atomic E-state index is 12.6. The van der Waals surface area contributed by atoms with Crippen LogP contribution in [0.3, 0.4) is 0 Å². The Hall–Kier alpha value is -2.70. The van der Waals surface area contributed by atoms with Gasteiger partial charge in [0.2, 0.25) is 0 Å². The molecule has 0 saturated carbocycles. The Morgan fingerprint density at radius 3 is 1.50 bits per heavy atom. The highest BCUT2D eigenvalue weighted by Gasteiger charge is 2.56. The molecule has 0 saturated heterocycles. The molecule has 1 unspecified atom stereocenters. The van der Waals surface area contributed by atoms with Gasteiger partial charge in [0.25, 0.3) is 0 Å². The number of hydrogen-bond donors (Lipinski definition) is 2. The minimum atomic E-state index is -2.70. The van der Waals surface area contributed by atoms with Crippen LogP contribution in [0.4, 0.5) is 0 Å². The standard InChI is InChI=1S/C22H26O6/c1-15(2)18(23)21(3,4)22(26,27-19(24)16-11-7-5-8-12-16)28-20(25)17-13-9-6-10-14-17/h5-15,18,23,26H,1-4H3. The first-order chi connectivity index (χ1) is 13.1. The molecule has 6 heteroatoms. The van der Waals surface area contributed by atoms with Crippen LogP contribution in [-0.4, -0.2) is 34.2 Å². The largest absolute Gasteiger partial charge is 0.394 e. The molecule has 0 heterocycles. The number of carbonyl (C=O) groups is 2. The highest BCUT2D eigenvalue weighted by molar-refractivity contribution is 5.91. The number of esters is 2. The molecule has 0 amide bonds. The third-order valence-corrected chi connectivity index (χ3v) is 4.67. The van der Waals surface area contributed by atoms with Gasteiger partial charge in [-0.25, -0.2) is 9.59 Å². The summed E-state index contributed by atoms with van der Waals surface area (Å²) in [5.74, 6) is -4.76. The minimum Gasteiger partial charge on any atom is -0.394 e. The maximum absolute atomic E-state index is 12.6. The van der Waals surface area contributed by atoms with E-state index in [1.165, 1.54) is 38.1 Å². The van der Waals surface area contributed by atoms with E-state index in [1.54, 1.807) is 50.2 Å². The van der Waals surface area contributed by atoms with Crippen LogP contribution in [0.15, 0.2) is 60.7 Å². The van der Waals surface area contributed by atoms with Crippen molar-refractivity contribution in [1.82, 2.24) is 0 Å². The van der Waals surface area contributed by atoms with E-state index in [1.807, 2.05) is 0 Å². The average molecular weight is 386 g/mol. The van der Waals surface area contributed by atoms with E-state index in [-0.39, 0.29) is 17.0 Å². The summed E-state index contributed by atoms with van der Waals surface area (Å²) in [5, 5.41) is 21.8. The van der Waals surface area contributed by atoms with Crippen molar-refractivity contribution in [2.45, 2.75) is 39.8 Å². The number of carbonyl (C=O) groups excluding carboxylic acids is 2. The molecular weight excluding hydrogens is 360 g/mol. The third kappa shape index (κ3) is 4.58. The molecule has 2 N–H and O–H groups in total. The van der Waals surface area contributed by atoms with Crippen molar-refractivity contribution in [3.63, 3.8) is 0 Å². The summed E-state index contributed by atoms with van der Waals surface area (Å²) in [6, 6.07) is 16.0. The van der Waals surface area contributed by atoms with Crippen LogP contribution in [0, 0.1) is 11.3 Å². The van der Waals surface area contributed by atoms with E-state index in [0.717, 1.165) is 0 Å². The van der Waals surface area contributed by atoms with Gasteiger partial charge in [-0.1, -0.05) is 50.2 Å². The number of hydrogen-bond acceptors (Lipinski definition) is 6. The molecule has 0 fully saturated rings. The molecule has 0 aromatic heterocycles. The van der Waals surface area contributed by atoms with Crippen molar-refractivity contribution in [2.24, 2.45) is 11.3 Å². The van der Waals surface area contributed by atoms with Crippen molar-refractivity contribution in [3.05, 3.63) is 71.8 Å². The second kappa shape index (κ2) is 8.54. The van der Waals surface area contributed by atoms with Gasteiger partial charge in [-0.3, -0.25) is 0 Å². The van der Waals surface area contributed by atoms with Crippen LogP contribution < -0.4 is 0 Å². The van der Waals surface area contributed by atoms with E-state index < -0.39 is 29.4 Å². The monoisotopic (exact) mass is 386 g/mol. The first-order valence-electron chi connectivity index (χ1n) is 9.05. The second-order valence-electron chi connectivity index (χ2n) is 7.50. The quantitative estimate of drug-likeness (QED) is 0.560. The first kappa shape index (κ1) is 21.6. The summed E-state index contributed by atoms with van der Waals surface area (Å²) in [6.45, 7) is 6.41. The zero-order valence-corrected chi connectivity index (χ0v) is 16.5. The van der Waals surface area contributed by atoms with Crippen molar-refractivity contribution in [1.29, 1.82) is 0 Å². The van der Waals surface area contributed by atoms with Crippen molar-refractivity contribution in [2.75, 3.05) is 0 Å². The van der Waals surface area contributed by atoms with Gasteiger partial charge in [0.05, 0.1) is 22.6 Å². The van der Waals surface area contributed by atoms with Gasteiger partial charge in [0, 0.05) is 0 Å². The highest BCUT2D eigenvalue weighted by atomic mass is 16.8. The van der Waals surface area contributed by atoms with Gasteiger partial charge in [0.1, 0.15) is 0 Å². The summed E-state index contributed by atoms with van der Waals surface area (Å²) in [4.78, 5) is 25.1. The Kier molecular flexibility index (Phi) is 6.59. The Bertz CT molecular complexity index is 745. The van der Waals surface area contributed by atoms with E-state index in [4.69, 9.17) is 9.47 Å². The Morgan fingerprint density at radius 2 is 1.18 bits per heavy atom. The summed E-state index contributed by atoms with van der Waals surface area (Å²) in [7, 11) is 0. The van der Waals surface area contributed by atoms with Crippen LogP contribution in [0.25, 0.3) is 0 Å². The molecule has 0 aliphatic rings. The van der Waals surface area contributed by atoms with Gasteiger partial charge < -0.3 is 19.7 Å². The van der Waals surface area contributed by atoms with Gasteiger partial charge in [0.15, 0.2) is 0 Å². The van der Waals surface area contributed by atoms with Crippen LogP contribution >= 0.6 is 0 Å². The van der Waals surface area contributed by atoms with Crippen LogP contribution in [0.2, 0.25) is 0 Å². The lowest BCUT2D eigenvalue weighted by Gasteiger charge is -2.43. The van der Waals surface area contributed by atoms with E-state index >= 15 is 0 Å². The molecule has 0 aliphatic carbocycles. The summed E-state index contributed by atoms with van der Waals surface area (Å²) >= 11 is 0. The predicted octanol–water partition coefficient (Wildman–Crippen LogP) is 3.39. The molecule has 2 aromatic carbocycles. The summed E-state index contributed by atoms with van der Waals surface area (Å²) in [6.07, 6.45) is -1.13. The van der Waals surface area contributed by atoms with Crippen LogP contribution in [0.1, 0.15) is 48.4 Å². The predicted molar refractivity (Wildman–Crippen MR) is 103 cm³/mol. The molecule has 0 radical (unpaired) electrons. The van der Waals surface area contributed by atoms with Gasteiger partial charge >= 0.3 is 17.9 Å². The Morgan fingerprint density at radius 1 is 0.821 bits per heavy atom. The molecule has 28 heavy (non-hydrogen) atoms. The molecular formula is C22H26O6. The molecule has 0 bridgehead atoms. The van der Waals surface area contributed by atoms with E-state index in [2.05, 4.69) is 0 Å². The zero-order chi connectivity index (χ0) is 20.9. The van der Waals surface area contributed by atoms with Crippen LogP contribution in [0.5, 0.6) is 0 Å². The van der Waals surface area contributed by atoms with Crippen LogP contribution in [-0.2, 0) is 9.47 Å². The van der Waals surface area contributed by atoms with Crippen molar-refractivity contribution >= 4 is 11.9 Å². The molecule has 1 atom stereocenters. The molecule has 2 aromatic rings. The fraction of sp³-hybridized carbons (Fsp3) is 0.364. The normalized spacial score (nSPS) is 13.1. The summed E-state index contributed by atoms with van der Waals surface area (Å²) < 4.78 is 10.5. The number of ether oxygens (including phenoxy) is 2. The fourth-order valence-electron chi connectivity index (χ4n) is 2.82. The lowest BCUT2D eigenvalue weighted by atomic mass is 9.78. The van der Waals surface area contributed by atoms with E-state index in [0.29, 0.717) is 0 Å². The number of benzene rings is 2. The molecule has 150 valence electrons. The van der Waals surface area contributed by atoms with Crippen molar-refractivity contribution < 1.29 is 29.3 Å². The SMILES string of the molecule is CC(C)C(O)C(C)(C)C(O)(OC(=O)c1ccccc1)OC(=O)c1ccccc1. The third-order valence-electron chi connectivity index (χ3n) is 4.67. The number of aliphatic hydroxyl groups is 2. The first-order valence-corrected chi connectivity index (χ1v) is 9.05. The smallest absolute Gasteiger partial charge is 0.381 e. The van der Waals surface area contributed by atoms with E-state index in [9.17, 15) is 19.8 Å². The van der Waals surface area contributed by atoms with Crippen molar-refractivity contribution in [3.8, 4) is 0 Å². The average Bonchev–Trinajstić information content (AvgIpc) is 2.68. The second-order valence-corrected chi connectivity index (χ2v) is 7.50. The molecule has 0 aliphatic heterocycles. The highest BCUT2D eigenvalue weighted by Crippen LogP contribution is 2.40. The Labute approximate surface area is 164 Å². The van der Waals surface area contributed by atoms with Gasteiger partial charge in [-0.05, 0) is 44.0 Å². The number of aliphatic hydroxyl groups excluding tert-OH is 1. The minimum absolute atomic E-state index is 0.173. The molecule has 0 spiro atoms. The number of rotatable bonds is 7. The zero-order valence-electron chi connectivity index (χ0n) is 16.5. The summed E-state index contributed by atoms with van der Waals surface area (Å²) in [5.41, 5.74) is -1.17. The lowest BCUT2D eigenvalue weighted by molar-refractivity contribution is -0.374. The van der Waals surface area contributed by atoms with Gasteiger partial charge in [-0.15, -0.1) is 0 Å². The topological polar surface area (TPSA) is 93.1 Å². The fourth-order valence-corrected chi connectivity index (χ4v) is 2.82. The Balaban J connectivity index is 2.39.